The lowest BCUT2D eigenvalue weighted by Crippen LogP contribution is -2.43. The average molecular weight is 419 g/mol. The Labute approximate surface area is 190 Å². The molecule has 1 heteroatoms. The molecule has 4 atom stereocenters. The molecule has 1 saturated carbocycles. The standard InChI is InChI=1S/C30H42O/c1-23(2)15-16-27-20-25(12-9-19-31-22-24-10-5-4-6-11-24)21-29-28-14-8-7-13-26(28)17-18-30(27,29)3/h4-8,10-11,13-14,23,25,27,29H,9,12,15-22H2,1-3H3. The van der Waals surface area contributed by atoms with Crippen LogP contribution in [0.4, 0.5) is 0 Å². The monoisotopic (exact) mass is 418 g/mol. The predicted octanol–water partition coefficient (Wildman–Crippen LogP) is 8.18. The molecule has 1 fully saturated rings. The fraction of sp³-hybridized carbons (Fsp3) is 0.600. The molecule has 0 radical (unpaired) electrons. The maximum absolute atomic E-state index is 6.00. The lowest BCUT2D eigenvalue weighted by Gasteiger charge is -2.54. The first-order valence-corrected chi connectivity index (χ1v) is 12.8. The highest BCUT2D eigenvalue weighted by Gasteiger charge is 2.48. The topological polar surface area (TPSA) is 9.23 Å². The minimum absolute atomic E-state index is 0.490. The molecule has 1 nitrogen and oxygen atoms in total. The number of fused-ring (bicyclic) bond motifs is 3. The van der Waals surface area contributed by atoms with Gasteiger partial charge in [0.2, 0.25) is 0 Å². The van der Waals surface area contributed by atoms with E-state index in [1.807, 2.05) is 0 Å². The molecule has 4 rings (SSSR count). The molecule has 4 unspecified atom stereocenters. The van der Waals surface area contributed by atoms with Gasteiger partial charge in [-0.05, 0) is 90.7 Å². The van der Waals surface area contributed by atoms with Crippen LogP contribution in [0.3, 0.4) is 0 Å². The van der Waals surface area contributed by atoms with Gasteiger partial charge in [-0.1, -0.05) is 81.8 Å². The highest BCUT2D eigenvalue weighted by Crippen LogP contribution is 2.59. The zero-order valence-corrected chi connectivity index (χ0v) is 20.0. The van der Waals surface area contributed by atoms with Crippen molar-refractivity contribution in [1.82, 2.24) is 0 Å². The Morgan fingerprint density at radius 3 is 2.55 bits per heavy atom. The number of aryl methyl sites for hydroxylation is 1. The van der Waals surface area contributed by atoms with Crippen LogP contribution in [-0.2, 0) is 17.8 Å². The van der Waals surface area contributed by atoms with Crippen molar-refractivity contribution in [1.29, 1.82) is 0 Å². The third-order valence-electron chi connectivity index (χ3n) is 8.38. The van der Waals surface area contributed by atoms with Crippen molar-refractivity contribution < 1.29 is 4.74 Å². The van der Waals surface area contributed by atoms with Crippen LogP contribution in [-0.4, -0.2) is 6.61 Å². The molecule has 0 saturated heterocycles. The number of ether oxygens (including phenoxy) is 1. The van der Waals surface area contributed by atoms with E-state index >= 15 is 0 Å². The van der Waals surface area contributed by atoms with Gasteiger partial charge in [-0.15, -0.1) is 0 Å². The van der Waals surface area contributed by atoms with E-state index in [9.17, 15) is 0 Å². The fourth-order valence-electron chi connectivity index (χ4n) is 6.48. The molecule has 2 aromatic carbocycles. The van der Waals surface area contributed by atoms with Crippen LogP contribution in [0, 0.1) is 23.2 Å². The Hall–Kier alpha value is -1.60. The fourth-order valence-corrected chi connectivity index (χ4v) is 6.48. The number of hydrogen-bond acceptors (Lipinski definition) is 1. The Balaban J connectivity index is 1.38. The Morgan fingerprint density at radius 1 is 0.968 bits per heavy atom. The van der Waals surface area contributed by atoms with Crippen LogP contribution in [0.15, 0.2) is 54.6 Å². The molecule has 0 aliphatic heterocycles. The van der Waals surface area contributed by atoms with Crippen LogP contribution >= 0.6 is 0 Å². The predicted molar refractivity (Wildman–Crippen MR) is 131 cm³/mol. The van der Waals surface area contributed by atoms with Gasteiger partial charge in [-0.3, -0.25) is 0 Å². The van der Waals surface area contributed by atoms with Crippen LogP contribution in [0.2, 0.25) is 0 Å². The summed E-state index contributed by atoms with van der Waals surface area (Å²) < 4.78 is 6.00. The van der Waals surface area contributed by atoms with E-state index in [0.29, 0.717) is 5.41 Å². The van der Waals surface area contributed by atoms with E-state index in [-0.39, 0.29) is 0 Å². The van der Waals surface area contributed by atoms with E-state index in [1.165, 1.54) is 56.9 Å². The highest BCUT2D eigenvalue weighted by atomic mass is 16.5. The summed E-state index contributed by atoms with van der Waals surface area (Å²) in [5.41, 5.74) is 5.07. The van der Waals surface area contributed by atoms with E-state index in [2.05, 4.69) is 75.4 Å². The minimum atomic E-state index is 0.490. The van der Waals surface area contributed by atoms with Gasteiger partial charge in [0, 0.05) is 6.61 Å². The summed E-state index contributed by atoms with van der Waals surface area (Å²) >= 11 is 0. The van der Waals surface area contributed by atoms with Crippen molar-refractivity contribution in [3.05, 3.63) is 71.3 Å². The summed E-state index contributed by atoms with van der Waals surface area (Å²) in [6.45, 7) is 9.05. The van der Waals surface area contributed by atoms with E-state index in [0.717, 1.165) is 36.9 Å². The molecule has 0 heterocycles. The lowest BCUT2D eigenvalue weighted by molar-refractivity contribution is 0.0208. The largest absolute Gasteiger partial charge is 0.377 e. The molecule has 2 aliphatic rings. The van der Waals surface area contributed by atoms with Gasteiger partial charge >= 0.3 is 0 Å². The molecule has 2 aliphatic carbocycles. The summed E-state index contributed by atoms with van der Waals surface area (Å²) in [4.78, 5) is 0. The third-order valence-corrected chi connectivity index (χ3v) is 8.38. The molecule has 0 spiro atoms. The van der Waals surface area contributed by atoms with Crippen molar-refractivity contribution in [3.8, 4) is 0 Å². The van der Waals surface area contributed by atoms with Crippen LogP contribution < -0.4 is 0 Å². The van der Waals surface area contributed by atoms with E-state index < -0.39 is 0 Å². The zero-order chi connectivity index (χ0) is 21.7. The first-order chi connectivity index (χ1) is 15.1. The lowest BCUT2D eigenvalue weighted by atomic mass is 9.51. The SMILES string of the molecule is CC(C)CCC1CC(CCCOCc2ccccc2)CC2c3ccccc3CCC12C. The number of benzene rings is 2. The van der Waals surface area contributed by atoms with Crippen molar-refractivity contribution in [2.45, 2.75) is 84.7 Å². The van der Waals surface area contributed by atoms with Gasteiger partial charge in [0.25, 0.3) is 0 Å². The summed E-state index contributed by atoms with van der Waals surface area (Å²) in [6.07, 6.45) is 10.8. The van der Waals surface area contributed by atoms with Crippen molar-refractivity contribution >= 4 is 0 Å². The summed E-state index contributed by atoms with van der Waals surface area (Å²) in [6, 6.07) is 19.9. The molecular weight excluding hydrogens is 376 g/mol. The maximum Gasteiger partial charge on any atom is 0.0716 e. The van der Waals surface area contributed by atoms with Crippen molar-refractivity contribution in [2.24, 2.45) is 23.2 Å². The molecule has 0 aromatic heterocycles. The molecule has 31 heavy (non-hydrogen) atoms. The van der Waals surface area contributed by atoms with Crippen molar-refractivity contribution in [2.75, 3.05) is 6.61 Å². The quantitative estimate of drug-likeness (QED) is 0.373. The first-order valence-electron chi connectivity index (χ1n) is 12.8. The second-order valence-corrected chi connectivity index (χ2v) is 10.9. The van der Waals surface area contributed by atoms with Crippen LogP contribution in [0.1, 0.15) is 88.3 Å². The Morgan fingerprint density at radius 2 is 1.74 bits per heavy atom. The van der Waals surface area contributed by atoms with Crippen molar-refractivity contribution in [3.63, 3.8) is 0 Å². The van der Waals surface area contributed by atoms with Gasteiger partial charge in [0.05, 0.1) is 6.61 Å². The average Bonchev–Trinajstić information content (AvgIpc) is 2.78. The number of rotatable bonds is 9. The molecule has 0 bridgehead atoms. The van der Waals surface area contributed by atoms with Gasteiger partial charge < -0.3 is 4.74 Å². The highest BCUT2D eigenvalue weighted by molar-refractivity contribution is 5.36. The molecule has 168 valence electrons. The second kappa shape index (κ2) is 10.3. The molecule has 0 amide bonds. The first kappa shape index (κ1) is 22.6. The smallest absolute Gasteiger partial charge is 0.0716 e. The van der Waals surface area contributed by atoms with Gasteiger partial charge in [0.15, 0.2) is 0 Å². The third kappa shape index (κ3) is 5.43. The minimum Gasteiger partial charge on any atom is -0.377 e. The van der Waals surface area contributed by atoms with E-state index in [4.69, 9.17) is 4.74 Å². The van der Waals surface area contributed by atoms with Gasteiger partial charge in [-0.25, -0.2) is 0 Å². The maximum atomic E-state index is 6.00. The van der Waals surface area contributed by atoms with Gasteiger partial charge in [0.1, 0.15) is 0 Å². The summed E-state index contributed by atoms with van der Waals surface area (Å²) in [7, 11) is 0. The summed E-state index contributed by atoms with van der Waals surface area (Å²) in [5, 5.41) is 0. The Kier molecular flexibility index (Phi) is 7.54. The van der Waals surface area contributed by atoms with Crippen LogP contribution in [0.5, 0.6) is 0 Å². The second-order valence-electron chi connectivity index (χ2n) is 10.9. The normalized spacial score (nSPS) is 27.7. The molecule has 0 N–H and O–H groups in total. The van der Waals surface area contributed by atoms with E-state index in [1.54, 1.807) is 11.1 Å². The van der Waals surface area contributed by atoms with Gasteiger partial charge in [-0.2, -0.15) is 0 Å². The molecule has 2 aromatic rings. The zero-order valence-electron chi connectivity index (χ0n) is 20.0. The van der Waals surface area contributed by atoms with Crippen LogP contribution in [0.25, 0.3) is 0 Å². The Bertz CT molecular complexity index is 810. The molecular formula is C30H42O. The number of hydrogen-bond donors (Lipinski definition) is 0. The summed E-state index contributed by atoms with van der Waals surface area (Å²) in [5.74, 6) is 3.28.